The van der Waals surface area contributed by atoms with Gasteiger partial charge in [-0.3, -0.25) is 0 Å². The molecule has 2 saturated carbocycles. The first-order valence-corrected chi connectivity index (χ1v) is 7.36. The first-order chi connectivity index (χ1) is 9.78. The van der Waals surface area contributed by atoms with Crippen molar-refractivity contribution < 1.29 is 14.6 Å². The SMILES string of the molecule is O=C(NC1C2CCC(C2)C1CO)OCc1ccccc1. The van der Waals surface area contributed by atoms with Gasteiger partial charge in [0, 0.05) is 18.6 Å². The monoisotopic (exact) mass is 275 g/mol. The van der Waals surface area contributed by atoms with Gasteiger partial charge in [-0.1, -0.05) is 30.3 Å². The molecule has 4 heteroatoms. The van der Waals surface area contributed by atoms with Gasteiger partial charge in [0.2, 0.25) is 0 Å². The van der Waals surface area contributed by atoms with Gasteiger partial charge < -0.3 is 15.2 Å². The average molecular weight is 275 g/mol. The van der Waals surface area contributed by atoms with E-state index in [-0.39, 0.29) is 31.3 Å². The number of nitrogens with one attached hydrogen (secondary N) is 1. The van der Waals surface area contributed by atoms with Gasteiger partial charge in [0.15, 0.2) is 0 Å². The summed E-state index contributed by atoms with van der Waals surface area (Å²) in [5, 5.41) is 12.4. The van der Waals surface area contributed by atoms with Crippen molar-refractivity contribution in [2.45, 2.75) is 31.9 Å². The third kappa shape index (κ3) is 2.66. The van der Waals surface area contributed by atoms with E-state index in [1.807, 2.05) is 30.3 Å². The van der Waals surface area contributed by atoms with Gasteiger partial charge in [0.25, 0.3) is 0 Å². The molecule has 4 nitrogen and oxygen atoms in total. The van der Waals surface area contributed by atoms with E-state index in [1.165, 1.54) is 6.42 Å². The number of carbonyl (C=O) groups excluding carboxylic acids is 1. The van der Waals surface area contributed by atoms with Gasteiger partial charge in [0.1, 0.15) is 6.61 Å². The molecular formula is C16H21NO3. The molecule has 0 aliphatic heterocycles. The zero-order valence-electron chi connectivity index (χ0n) is 11.5. The molecule has 0 saturated heterocycles. The van der Waals surface area contributed by atoms with Crippen molar-refractivity contribution in [1.82, 2.24) is 5.32 Å². The molecule has 2 bridgehead atoms. The Labute approximate surface area is 119 Å². The van der Waals surface area contributed by atoms with Crippen LogP contribution in [0.3, 0.4) is 0 Å². The molecule has 1 aromatic carbocycles. The second-order valence-electron chi connectivity index (χ2n) is 5.91. The fourth-order valence-corrected chi connectivity index (χ4v) is 3.80. The fourth-order valence-electron chi connectivity index (χ4n) is 3.80. The summed E-state index contributed by atoms with van der Waals surface area (Å²) < 4.78 is 5.26. The lowest BCUT2D eigenvalue weighted by Gasteiger charge is -2.30. The van der Waals surface area contributed by atoms with Crippen molar-refractivity contribution >= 4 is 6.09 Å². The van der Waals surface area contributed by atoms with E-state index in [1.54, 1.807) is 0 Å². The third-order valence-electron chi connectivity index (χ3n) is 4.80. The molecule has 0 radical (unpaired) electrons. The quantitative estimate of drug-likeness (QED) is 0.886. The van der Waals surface area contributed by atoms with E-state index >= 15 is 0 Å². The minimum atomic E-state index is -0.371. The van der Waals surface area contributed by atoms with Crippen LogP contribution in [0.1, 0.15) is 24.8 Å². The number of hydrogen-bond donors (Lipinski definition) is 2. The molecule has 0 heterocycles. The van der Waals surface area contributed by atoms with Crippen molar-refractivity contribution in [3.05, 3.63) is 35.9 Å². The highest BCUT2D eigenvalue weighted by molar-refractivity contribution is 5.67. The highest BCUT2D eigenvalue weighted by atomic mass is 16.5. The second kappa shape index (κ2) is 5.83. The molecule has 108 valence electrons. The molecule has 2 aliphatic carbocycles. The Morgan fingerprint density at radius 1 is 1.25 bits per heavy atom. The van der Waals surface area contributed by atoms with Gasteiger partial charge in [-0.2, -0.15) is 0 Å². The van der Waals surface area contributed by atoms with Gasteiger partial charge in [0.05, 0.1) is 0 Å². The molecule has 3 rings (SSSR count). The van der Waals surface area contributed by atoms with Crippen LogP contribution in [-0.4, -0.2) is 23.8 Å². The average Bonchev–Trinajstić information content (AvgIpc) is 3.07. The molecule has 2 N–H and O–H groups in total. The highest BCUT2D eigenvalue weighted by Crippen LogP contribution is 2.48. The zero-order chi connectivity index (χ0) is 13.9. The summed E-state index contributed by atoms with van der Waals surface area (Å²) in [6.45, 7) is 0.447. The molecule has 4 unspecified atom stereocenters. The maximum atomic E-state index is 11.9. The van der Waals surface area contributed by atoms with E-state index in [9.17, 15) is 9.90 Å². The Bertz CT molecular complexity index is 462. The van der Waals surface area contributed by atoms with Crippen LogP contribution in [0.2, 0.25) is 0 Å². The number of benzene rings is 1. The third-order valence-corrected chi connectivity index (χ3v) is 4.80. The summed E-state index contributed by atoms with van der Waals surface area (Å²) in [4.78, 5) is 11.9. The van der Waals surface area contributed by atoms with E-state index < -0.39 is 0 Å². The summed E-state index contributed by atoms with van der Waals surface area (Å²) in [6, 6.07) is 9.73. The molecule has 1 amide bonds. The maximum absolute atomic E-state index is 11.9. The van der Waals surface area contributed by atoms with Gasteiger partial charge in [-0.05, 0) is 36.7 Å². The van der Waals surface area contributed by atoms with Gasteiger partial charge in [-0.15, -0.1) is 0 Å². The second-order valence-corrected chi connectivity index (χ2v) is 5.91. The molecule has 2 aliphatic rings. The van der Waals surface area contributed by atoms with Crippen LogP contribution >= 0.6 is 0 Å². The van der Waals surface area contributed by atoms with E-state index in [4.69, 9.17) is 4.74 Å². The van der Waals surface area contributed by atoms with Crippen LogP contribution in [0.25, 0.3) is 0 Å². The van der Waals surface area contributed by atoms with Crippen molar-refractivity contribution in [3.8, 4) is 0 Å². The summed E-state index contributed by atoms with van der Waals surface area (Å²) in [6.07, 6.45) is 3.11. The topological polar surface area (TPSA) is 58.6 Å². The number of fused-ring (bicyclic) bond motifs is 2. The molecule has 2 fully saturated rings. The molecule has 1 aromatic rings. The van der Waals surface area contributed by atoms with Crippen LogP contribution in [0, 0.1) is 17.8 Å². The molecule has 4 atom stereocenters. The highest BCUT2D eigenvalue weighted by Gasteiger charge is 2.47. The molecule has 20 heavy (non-hydrogen) atoms. The molecular weight excluding hydrogens is 254 g/mol. The smallest absolute Gasteiger partial charge is 0.407 e. The van der Waals surface area contributed by atoms with Crippen LogP contribution in [0.5, 0.6) is 0 Å². The number of rotatable bonds is 4. The van der Waals surface area contributed by atoms with Gasteiger partial charge >= 0.3 is 6.09 Å². The fraction of sp³-hybridized carbons (Fsp3) is 0.562. The Kier molecular flexibility index (Phi) is 3.92. The van der Waals surface area contributed by atoms with Crippen molar-refractivity contribution in [1.29, 1.82) is 0 Å². The van der Waals surface area contributed by atoms with Crippen molar-refractivity contribution in [2.75, 3.05) is 6.61 Å². The van der Waals surface area contributed by atoms with E-state index in [2.05, 4.69) is 5.32 Å². The minimum Gasteiger partial charge on any atom is -0.445 e. The summed E-state index contributed by atoms with van der Waals surface area (Å²) in [5.41, 5.74) is 0.981. The van der Waals surface area contributed by atoms with Crippen LogP contribution in [-0.2, 0) is 11.3 Å². The summed E-state index contributed by atoms with van der Waals surface area (Å²) in [5.74, 6) is 1.30. The largest absolute Gasteiger partial charge is 0.445 e. The number of alkyl carbamates (subject to hydrolysis) is 1. The van der Waals surface area contributed by atoms with Gasteiger partial charge in [-0.25, -0.2) is 4.79 Å². The Hall–Kier alpha value is -1.55. The number of aliphatic hydroxyl groups is 1. The standard InChI is InChI=1S/C16H21NO3/c18-9-14-12-6-7-13(8-12)15(14)17-16(19)20-10-11-4-2-1-3-5-11/h1-5,12-15,18H,6-10H2,(H,17,19). The summed E-state index contributed by atoms with van der Waals surface area (Å²) in [7, 11) is 0. The lowest BCUT2D eigenvalue weighted by Crippen LogP contribution is -2.45. The summed E-state index contributed by atoms with van der Waals surface area (Å²) >= 11 is 0. The Morgan fingerprint density at radius 2 is 2.00 bits per heavy atom. The van der Waals surface area contributed by atoms with E-state index in [0.717, 1.165) is 18.4 Å². The lowest BCUT2D eigenvalue weighted by molar-refractivity contribution is 0.110. The molecule has 0 aromatic heterocycles. The molecule has 0 spiro atoms. The lowest BCUT2D eigenvalue weighted by atomic mass is 9.85. The zero-order valence-corrected chi connectivity index (χ0v) is 11.5. The van der Waals surface area contributed by atoms with Crippen LogP contribution < -0.4 is 5.32 Å². The normalized spacial score (nSPS) is 31.2. The number of ether oxygens (including phenoxy) is 1. The van der Waals surface area contributed by atoms with Crippen LogP contribution in [0.15, 0.2) is 30.3 Å². The Balaban J connectivity index is 1.51. The predicted molar refractivity (Wildman–Crippen MR) is 75.0 cm³/mol. The number of hydrogen-bond acceptors (Lipinski definition) is 3. The maximum Gasteiger partial charge on any atom is 0.407 e. The number of amides is 1. The van der Waals surface area contributed by atoms with Crippen molar-refractivity contribution in [2.24, 2.45) is 17.8 Å². The minimum absolute atomic E-state index is 0.0852. The number of aliphatic hydroxyl groups excluding tert-OH is 1. The first kappa shape index (κ1) is 13.4. The first-order valence-electron chi connectivity index (χ1n) is 7.36. The number of carbonyl (C=O) groups is 1. The van der Waals surface area contributed by atoms with E-state index in [0.29, 0.717) is 11.8 Å². The van der Waals surface area contributed by atoms with Crippen LogP contribution in [0.4, 0.5) is 4.79 Å². The predicted octanol–water partition coefficient (Wildman–Crippen LogP) is 2.32. The Morgan fingerprint density at radius 3 is 2.75 bits per heavy atom. The van der Waals surface area contributed by atoms with Crippen molar-refractivity contribution in [3.63, 3.8) is 0 Å².